The Bertz CT molecular complexity index is 1450. The maximum atomic E-state index is 13.7. The molecule has 2 aliphatic heterocycles. The maximum absolute atomic E-state index is 13.7. The van der Waals surface area contributed by atoms with Crippen molar-refractivity contribution in [3.8, 4) is 11.3 Å². The van der Waals surface area contributed by atoms with Gasteiger partial charge in [-0.25, -0.2) is 13.9 Å². The van der Waals surface area contributed by atoms with Gasteiger partial charge < -0.3 is 9.80 Å². The second-order valence-electron chi connectivity index (χ2n) is 10.6. The van der Waals surface area contributed by atoms with Gasteiger partial charge in [0.25, 0.3) is 11.8 Å². The summed E-state index contributed by atoms with van der Waals surface area (Å²) in [6.07, 6.45) is 3.61. The number of piperazine rings is 1. The number of carbonyl (C=O) groups excluding carboxylic acids is 2. The van der Waals surface area contributed by atoms with Crippen molar-refractivity contribution in [2.45, 2.75) is 46.1 Å². The summed E-state index contributed by atoms with van der Waals surface area (Å²) in [5.74, 6) is -0.457. The van der Waals surface area contributed by atoms with Crippen LogP contribution in [0.4, 0.5) is 4.39 Å². The molecule has 2 aromatic heterocycles. The molecule has 0 atom stereocenters. The first-order valence-electron chi connectivity index (χ1n) is 12.5. The van der Waals surface area contributed by atoms with Crippen molar-refractivity contribution < 1.29 is 14.0 Å². The molecular formula is C28H31FN6O2. The van der Waals surface area contributed by atoms with Gasteiger partial charge in [0.1, 0.15) is 17.2 Å². The lowest BCUT2D eigenvalue weighted by atomic mass is 9.97. The van der Waals surface area contributed by atoms with Gasteiger partial charge in [0.15, 0.2) is 5.65 Å². The first-order chi connectivity index (χ1) is 17.5. The highest BCUT2D eigenvalue weighted by atomic mass is 19.1. The van der Waals surface area contributed by atoms with Crippen LogP contribution in [0.5, 0.6) is 0 Å². The summed E-state index contributed by atoms with van der Waals surface area (Å²) in [5, 5.41) is 4.68. The quantitative estimate of drug-likeness (QED) is 0.537. The molecule has 1 saturated heterocycles. The lowest BCUT2D eigenvalue weighted by molar-refractivity contribution is -0.128. The van der Waals surface area contributed by atoms with Gasteiger partial charge in [-0.3, -0.25) is 14.6 Å². The van der Waals surface area contributed by atoms with Crippen molar-refractivity contribution in [3.63, 3.8) is 0 Å². The summed E-state index contributed by atoms with van der Waals surface area (Å²) < 4.78 is 15.1. The average Bonchev–Trinajstić information content (AvgIpc) is 3.48. The van der Waals surface area contributed by atoms with E-state index in [4.69, 9.17) is 4.98 Å². The maximum Gasteiger partial charge on any atom is 0.274 e. The van der Waals surface area contributed by atoms with Crippen LogP contribution in [0.25, 0.3) is 16.9 Å². The zero-order valence-electron chi connectivity index (χ0n) is 21.8. The number of nitrogens with zero attached hydrogens (tertiary/aromatic N) is 6. The Kier molecular flexibility index (Phi) is 6.17. The molecule has 5 rings (SSSR count). The van der Waals surface area contributed by atoms with Crippen LogP contribution >= 0.6 is 0 Å². The summed E-state index contributed by atoms with van der Waals surface area (Å²) >= 11 is 0. The molecule has 0 N–H and O–H groups in total. The number of aliphatic imine (C=N–C) groups is 1. The fourth-order valence-electron chi connectivity index (χ4n) is 5.01. The first kappa shape index (κ1) is 24.8. The van der Waals surface area contributed by atoms with Crippen molar-refractivity contribution in [2.24, 2.45) is 4.99 Å². The third-order valence-corrected chi connectivity index (χ3v) is 7.09. The van der Waals surface area contributed by atoms with Crippen LogP contribution in [0, 0.1) is 5.82 Å². The SMILES string of the molecule is CC1=CCN=C1C(=O)N1CCN(C(=O)c2cn3nc(-c4ccc(F)cc4)cc(C(C)C)c3n2)C(C)(C)C1. The lowest BCUT2D eigenvalue weighted by Crippen LogP contribution is -2.62. The molecular weight excluding hydrogens is 471 g/mol. The van der Waals surface area contributed by atoms with E-state index in [1.54, 1.807) is 32.6 Å². The number of imidazole rings is 1. The molecule has 4 heterocycles. The molecule has 0 unspecified atom stereocenters. The van der Waals surface area contributed by atoms with Crippen molar-refractivity contribution >= 4 is 23.2 Å². The highest BCUT2D eigenvalue weighted by molar-refractivity contribution is 6.45. The van der Waals surface area contributed by atoms with E-state index in [1.165, 1.54) is 12.1 Å². The standard InChI is InChI=1S/C28H31FN6O2/c1-17(2)21-14-22(19-6-8-20(29)9-7-19)32-35-15-23(31-25(21)35)26(36)34-13-12-33(16-28(34,4)5)27(37)24-18(3)10-11-30-24/h6-10,14-15,17H,11-13,16H2,1-5H3. The van der Waals surface area contributed by atoms with E-state index in [1.807, 2.05) is 32.9 Å². The molecule has 3 aromatic rings. The van der Waals surface area contributed by atoms with Gasteiger partial charge in [-0.05, 0) is 62.6 Å². The van der Waals surface area contributed by atoms with E-state index in [0.717, 1.165) is 16.7 Å². The number of carbonyl (C=O) groups is 2. The zero-order valence-corrected chi connectivity index (χ0v) is 21.8. The minimum atomic E-state index is -0.592. The molecule has 9 heteroatoms. The van der Waals surface area contributed by atoms with Crippen LogP contribution in [-0.2, 0) is 4.79 Å². The van der Waals surface area contributed by atoms with E-state index >= 15 is 0 Å². The Hall–Kier alpha value is -3.88. The Morgan fingerprint density at radius 2 is 1.81 bits per heavy atom. The van der Waals surface area contributed by atoms with Gasteiger partial charge in [0.05, 0.1) is 24.0 Å². The second kappa shape index (κ2) is 9.21. The van der Waals surface area contributed by atoms with Crippen LogP contribution < -0.4 is 0 Å². The summed E-state index contributed by atoms with van der Waals surface area (Å²) in [5.41, 5.74) is 4.16. The fraction of sp³-hybridized carbons (Fsp3) is 0.393. The van der Waals surface area contributed by atoms with E-state index in [-0.39, 0.29) is 23.5 Å². The Balaban J connectivity index is 1.43. The number of halogens is 1. The minimum Gasteiger partial charge on any atom is -0.333 e. The molecule has 0 bridgehead atoms. The highest BCUT2D eigenvalue weighted by Gasteiger charge is 2.40. The third-order valence-electron chi connectivity index (χ3n) is 7.09. The number of fused-ring (bicyclic) bond motifs is 1. The van der Waals surface area contributed by atoms with Crippen LogP contribution in [0.2, 0.25) is 0 Å². The van der Waals surface area contributed by atoms with Crippen molar-refractivity contribution in [1.82, 2.24) is 24.4 Å². The normalized spacial score (nSPS) is 17.4. The number of aromatic nitrogens is 3. The van der Waals surface area contributed by atoms with E-state index in [9.17, 15) is 14.0 Å². The summed E-state index contributed by atoms with van der Waals surface area (Å²) in [7, 11) is 0. The molecule has 0 radical (unpaired) electrons. The Morgan fingerprint density at radius 3 is 2.43 bits per heavy atom. The van der Waals surface area contributed by atoms with Crippen LogP contribution in [0.15, 0.2) is 53.2 Å². The number of hydrogen-bond acceptors (Lipinski definition) is 5. The molecule has 192 valence electrons. The lowest BCUT2D eigenvalue weighted by Gasteiger charge is -2.46. The predicted molar refractivity (Wildman–Crippen MR) is 140 cm³/mol. The van der Waals surface area contributed by atoms with Crippen LogP contribution in [0.3, 0.4) is 0 Å². The van der Waals surface area contributed by atoms with Gasteiger partial charge in [-0.1, -0.05) is 19.9 Å². The average molecular weight is 503 g/mol. The second-order valence-corrected chi connectivity index (χ2v) is 10.6. The van der Waals surface area contributed by atoms with Gasteiger partial charge in [-0.2, -0.15) is 5.10 Å². The third kappa shape index (κ3) is 4.54. The monoisotopic (exact) mass is 502 g/mol. The van der Waals surface area contributed by atoms with E-state index < -0.39 is 5.54 Å². The first-order valence-corrected chi connectivity index (χ1v) is 12.5. The summed E-state index contributed by atoms with van der Waals surface area (Å²) in [4.78, 5) is 39.3. The van der Waals surface area contributed by atoms with E-state index in [2.05, 4.69) is 23.9 Å². The van der Waals surface area contributed by atoms with Gasteiger partial charge in [0, 0.05) is 30.8 Å². The van der Waals surface area contributed by atoms with Crippen molar-refractivity contribution in [3.05, 3.63) is 65.3 Å². The van der Waals surface area contributed by atoms with Crippen molar-refractivity contribution in [1.29, 1.82) is 0 Å². The van der Waals surface area contributed by atoms with Crippen LogP contribution in [0.1, 0.15) is 56.6 Å². The molecule has 1 aromatic carbocycles. The van der Waals surface area contributed by atoms with Crippen LogP contribution in [-0.4, -0.2) is 73.6 Å². The molecule has 0 saturated carbocycles. The van der Waals surface area contributed by atoms with Crippen molar-refractivity contribution in [2.75, 3.05) is 26.2 Å². The Morgan fingerprint density at radius 1 is 1.08 bits per heavy atom. The van der Waals surface area contributed by atoms with Gasteiger partial charge in [-0.15, -0.1) is 0 Å². The summed E-state index contributed by atoms with van der Waals surface area (Å²) in [6.45, 7) is 11.7. The molecule has 1 fully saturated rings. The molecule has 0 aliphatic carbocycles. The molecule has 37 heavy (non-hydrogen) atoms. The number of rotatable bonds is 4. The molecule has 2 aliphatic rings. The topological polar surface area (TPSA) is 83.2 Å². The van der Waals surface area contributed by atoms with E-state index in [0.29, 0.717) is 48.9 Å². The largest absolute Gasteiger partial charge is 0.333 e. The van der Waals surface area contributed by atoms with Gasteiger partial charge >= 0.3 is 0 Å². The molecule has 8 nitrogen and oxygen atoms in total. The smallest absolute Gasteiger partial charge is 0.274 e. The predicted octanol–water partition coefficient (Wildman–Crippen LogP) is 4.12. The minimum absolute atomic E-state index is 0.0850. The molecule has 2 amide bonds. The number of hydrogen-bond donors (Lipinski definition) is 0. The summed E-state index contributed by atoms with van der Waals surface area (Å²) in [6, 6.07) is 8.14. The Labute approximate surface area is 215 Å². The number of benzene rings is 1. The fourth-order valence-corrected chi connectivity index (χ4v) is 5.01. The zero-order chi connectivity index (χ0) is 26.5. The highest BCUT2D eigenvalue weighted by Crippen LogP contribution is 2.28. The molecule has 0 spiro atoms. The number of amides is 2. The van der Waals surface area contributed by atoms with Gasteiger partial charge in [0.2, 0.25) is 0 Å².